The highest BCUT2D eigenvalue weighted by Crippen LogP contribution is 2.40. The fraction of sp³-hybridized carbons (Fsp3) is 0.217. The summed E-state index contributed by atoms with van der Waals surface area (Å²) in [5, 5.41) is 10.2. The summed E-state index contributed by atoms with van der Waals surface area (Å²) >= 11 is 1.54. The first-order valence-corrected chi connectivity index (χ1v) is 11.0. The van der Waals surface area contributed by atoms with Crippen molar-refractivity contribution in [1.29, 1.82) is 0 Å². The van der Waals surface area contributed by atoms with E-state index in [4.69, 9.17) is 19.8 Å². The summed E-state index contributed by atoms with van der Waals surface area (Å²) < 4.78 is 7.17. The molecule has 1 aliphatic rings. The Morgan fingerprint density at radius 1 is 1.06 bits per heavy atom. The van der Waals surface area contributed by atoms with Crippen LogP contribution in [0.5, 0.6) is 0 Å². The molecule has 0 bridgehead atoms. The standard InChI is InChI=1S/C23H22N6OS/c1-30-12-6-11-25-21-19-13-18(16-7-3-2-4-8-16)15-26-22(19)31-23-27-20(28-29(21)23)17-9-5-10-24-14-17/h2-5,7-10,13-15,21,25H,6,11-12H2,1H3. The molecule has 7 nitrogen and oxygen atoms in total. The summed E-state index contributed by atoms with van der Waals surface area (Å²) in [4.78, 5) is 13.7. The zero-order valence-electron chi connectivity index (χ0n) is 17.1. The second kappa shape index (κ2) is 8.97. The average Bonchev–Trinajstić information content (AvgIpc) is 3.26. The van der Waals surface area contributed by atoms with Crippen molar-refractivity contribution in [3.05, 3.63) is 72.7 Å². The summed E-state index contributed by atoms with van der Waals surface area (Å²) in [5.41, 5.74) is 4.21. The number of methoxy groups -OCH3 is 1. The summed E-state index contributed by atoms with van der Waals surface area (Å²) in [5.74, 6) is 0.662. The molecule has 1 atom stereocenters. The molecule has 8 heteroatoms. The van der Waals surface area contributed by atoms with Gasteiger partial charge in [-0.3, -0.25) is 10.3 Å². The van der Waals surface area contributed by atoms with Crippen LogP contribution in [-0.4, -0.2) is 45.0 Å². The molecule has 0 spiro atoms. The van der Waals surface area contributed by atoms with Crippen LogP contribution in [0.25, 0.3) is 22.5 Å². The van der Waals surface area contributed by atoms with Gasteiger partial charge in [0.05, 0.1) is 0 Å². The number of aromatic nitrogens is 5. The molecule has 0 saturated carbocycles. The van der Waals surface area contributed by atoms with E-state index in [0.29, 0.717) is 12.4 Å². The Morgan fingerprint density at radius 2 is 1.94 bits per heavy atom. The third kappa shape index (κ3) is 4.10. The van der Waals surface area contributed by atoms with Gasteiger partial charge in [0.2, 0.25) is 0 Å². The molecule has 1 aliphatic heterocycles. The fourth-order valence-electron chi connectivity index (χ4n) is 3.57. The van der Waals surface area contributed by atoms with Gasteiger partial charge >= 0.3 is 0 Å². The monoisotopic (exact) mass is 430 g/mol. The van der Waals surface area contributed by atoms with Gasteiger partial charge in [0.25, 0.3) is 0 Å². The maximum absolute atomic E-state index is 5.21. The van der Waals surface area contributed by atoms with Crippen LogP contribution in [0.1, 0.15) is 18.2 Å². The lowest BCUT2D eigenvalue weighted by atomic mass is 10.0. The minimum Gasteiger partial charge on any atom is -0.385 e. The van der Waals surface area contributed by atoms with Crippen molar-refractivity contribution >= 4 is 11.8 Å². The van der Waals surface area contributed by atoms with E-state index in [-0.39, 0.29) is 6.17 Å². The van der Waals surface area contributed by atoms with Gasteiger partial charge in [0.1, 0.15) is 11.2 Å². The average molecular weight is 431 g/mol. The predicted octanol–water partition coefficient (Wildman–Crippen LogP) is 4.04. The lowest BCUT2D eigenvalue weighted by molar-refractivity contribution is 0.191. The van der Waals surface area contributed by atoms with Crippen LogP contribution in [0.4, 0.5) is 0 Å². The van der Waals surface area contributed by atoms with Crippen molar-refractivity contribution in [1.82, 2.24) is 30.0 Å². The summed E-state index contributed by atoms with van der Waals surface area (Å²) in [6, 6.07) is 16.4. The lowest BCUT2D eigenvalue weighted by Gasteiger charge is -2.26. The highest BCUT2D eigenvalue weighted by molar-refractivity contribution is 7.99. The van der Waals surface area contributed by atoms with E-state index < -0.39 is 0 Å². The molecule has 4 heterocycles. The molecule has 0 saturated heterocycles. The smallest absolute Gasteiger partial charge is 0.194 e. The largest absolute Gasteiger partial charge is 0.385 e. The molecule has 1 unspecified atom stereocenters. The van der Waals surface area contributed by atoms with Crippen molar-refractivity contribution in [3.8, 4) is 22.5 Å². The number of fused-ring (bicyclic) bond motifs is 2. The molecule has 4 aromatic rings. The number of benzene rings is 1. The van der Waals surface area contributed by atoms with Gasteiger partial charge in [0.15, 0.2) is 11.0 Å². The van der Waals surface area contributed by atoms with Crippen molar-refractivity contribution in [2.24, 2.45) is 0 Å². The van der Waals surface area contributed by atoms with Gasteiger partial charge in [-0.15, -0.1) is 5.10 Å². The number of ether oxygens (including phenoxy) is 1. The van der Waals surface area contributed by atoms with Crippen LogP contribution in [0, 0.1) is 0 Å². The zero-order chi connectivity index (χ0) is 21.0. The molecule has 5 rings (SSSR count). The Morgan fingerprint density at radius 3 is 2.74 bits per heavy atom. The molecular weight excluding hydrogens is 408 g/mol. The molecular formula is C23H22N6OS. The Bertz CT molecular complexity index is 1170. The first kappa shape index (κ1) is 19.9. The van der Waals surface area contributed by atoms with Gasteiger partial charge in [-0.05, 0) is 48.5 Å². The van der Waals surface area contributed by atoms with Crippen LogP contribution < -0.4 is 5.32 Å². The normalized spacial score (nSPS) is 14.8. The summed E-state index contributed by atoms with van der Waals surface area (Å²) in [6.45, 7) is 1.49. The molecule has 0 fully saturated rings. The molecule has 0 amide bonds. The molecule has 156 valence electrons. The van der Waals surface area contributed by atoms with Crippen LogP contribution in [-0.2, 0) is 4.74 Å². The van der Waals surface area contributed by atoms with Crippen LogP contribution in [0.3, 0.4) is 0 Å². The van der Waals surface area contributed by atoms with Gasteiger partial charge in [-0.25, -0.2) is 14.6 Å². The molecule has 1 aromatic carbocycles. The summed E-state index contributed by atoms with van der Waals surface area (Å²) in [6.07, 6.45) is 6.21. The van der Waals surface area contributed by atoms with Gasteiger partial charge in [-0.1, -0.05) is 30.3 Å². The second-order valence-electron chi connectivity index (χ2n) is 7.19. The van der Waals surface area contributed by atoms with Crippen LogP contribution in [0.2, 0.25) is 0 Å². The van der Waals surface area contributed by atoms with Gasteiger partial charge < -0.3 is 4.74 Å². The molecule has 31 heavy (non-hydrogen) atoms. The molecule has 1 N–H and O–H groups in total. The maximum Gasteiger partial charge on any atom is 0.194 e. The van der Waals surface area contributed by atoms with E-state index in [1.165, 1.54) is 0 Å². The Balaban J connectivity index is 1.54. The van der Waals surface area contributed by atoms with Crippen molar-refractivity contribution in [2.75, 3.05) is 20.3 Å². The van der Waals surface area contributed by atoms with E-state index >= 15 is 0 Å². The van der Waals surface area contributed by atoms with Crippen molar-refractivity contribution < 1.29 is 4.74 Å². The molecule has 0 radical (unpaired) electrons. The Hall–Kier alpha value is -3.07. The Labute approximate surface area is 184 Å². The molecule has 0 aliphatic carbocycles. The predicted molar refractivity (Wildman–Crippen MR) is 120 cm³/mol. The van der Waals surface area contributed by atoms with E-state index in [2.05, 4.69) is 28.5 Å². The second-order valence-corrected chi connectivity index (χ2v) is 8.15. The summed E-state index contributed by atoms with van der Waals surface area (Å²) in [7, 11) is 1.72. The zero-order valence-corrected chi connectivity index (χ0v) is 17.9. The van der Waals surface area contributed by atoms with E-state index in [9.17, 15) is 0 Å². The SMILES string of the molecule is COCCCNC1c2cc(-c3ccccc3)cnc2Sc2nc(-c3cccnc3)nn21. The van der Waals surface area contributed by atoms with Crippen LogP contribution >= 0.6 is 11.8 Å². The minimum atomic E-state index is -0.155. The van der Waals surface area contributed by atoms with Crippen molar-refractivity contribution in [3.63, 3.8) is 0 Å². The Kier molecular flexibility index (Phi) is 5.75. The van der Waals surface area contributed by atoms with Gasteiger partial charge in [0, 0.05) is 49.0 Å². The first-order chi connectivity index (χ1) is 15.3. The fourth-order valence-corrected chi connectivity index (χ4v) is 4.51. The first-order valence-electron chi connectivity index (χ1n) is 10.2. The van der Waals surface area contributed by atoms with Crippen molar-refractivity contribution in [2.45, 2.75) is 22.8 Å². The number of hydrogen-bond acceptors (Lipinski definition) is 7. The topological polar surface area (TPSA) is 77.8 Å². The lowest BCUT2D eigenvalue weighted by Crippen LogP contribution is -2.32. The number of pyridine rings is 2. The molecule has 3 aromatic heterocycles. The van der Waals surface area contributed by atoms with E-state index in [1.807, 2.05) is 41.2 Å². The van der Waals surface area contributed by atoms with E-state index in [1.54, 1.807) is 31.3 Å². The number of hydrogen-bond donors (Lipinski definition) is 1. The third-order valence-corrected chi connectivity index (χ3v) is 6.09. The van der Waals surface area contributed by atoms with E-state index in [0.717, 1.165) is 45.4 Å². The highest BCUT2D eigenvalue weighted by atomic mass is 32.2. The quantitative estimate of drug-likeness (QED) is 0.443. The third-order valence-electron chi connectivity index (χ3n) is 5.10. The number of nitrogens with one attached hydrogen (secondary N) is 1. The van der Waals surface area contributed by atoms with Crippen LogP contribution in [0.15, 0.2) is 77.3 Å². The number of rotatable bonds is 7. The highest BCUT2D eigenvalue weighted by Gasteiger charge is 2.30. The maximum atomic E-state index is 5.21. The number of nitrogens with zero attached hydrogens (tertiary/aromatic N) is 5. The minimum absolute atomic E-state index is 0.155. The van der Waals surface area contributed by atoms with Gasteiger partial charge in [-0.2, -0.15) is 0 Å².